The van der Waals surface area contributed by atoms with E-state index in [1.54, 1.807) is 0 Å². The van der Waals surface area contributed by atoms with Gasteiger partial charge in [0.2, 0.25) is 0 Å². The molecule has 1 aliphatic heterocycles. The highest BCUT2D eigenvalue weighted by Gasteiger charge is 2.30. The SMILES string of the molecule is CCN1CC=C(c2ccccc2)C(C(=O)OCCC(c2ccccc2)c2ccccc2)C1. The molecule has 0 N–H and O–H groups in total. The van der Waals surface area contributed by atoms with E-state index in [4.69, 9.17) is 4.74 Å². The molecular formula is C29H31NO2. The quantitative estimate of drug-likeness (QED) is 0.428. The van der Waals surface area contributed by atoms with Gasteiger partial charge in [-0.1, -0.05) is 104 Å². The first-order valence-electron chi connectivity index (χ1n) is 11.5. The summed E-state index contributed by atoms with van der Waals surface area (Å²) in [6, 6.07) is 31.1. The molecule has 3 aromatic carbocycles. The molecule has 164 valence electrons. The molecular weight excluding hydrogens is 394 g/mol. The van der Waals surface area contributed by atoms with E-state index in [1.165, 1.54) is 11.1 Å². The predicted octanol–water partition coefficient (Wildman–Crippen LogP) is 5.79. The number of nitrogens with zero attached hydrogens (tertiary/aromatic N) is 1. The molecule has 32 heavy (non-hydrogen) atoms. The van der Waals surface area contributed by atoms with Crippen LogP contribution >= 0.6 is 0 Å². The average Bonchev–Trinajstić information content (AvgIpc) is 2.87. The first kappa shape index (κ1) is 22.0. The Kier molecular flexibility index (Phi) is 7.52. The van der Waals surface area contributed by atoms with Crippen molar-refractivity contribution < 1.29 is 9.53 Å². The summed E-state index contributed by atoms with van der Waals surface area (Å²) in [4.78, 5) is 15.5. The Labute approximate surface area is 191 Å². The molecule has 0 radical (unpaired) electrons. The first-order chi connectivity index (χ1) is 15.8. The number of carbonyl (C=O) groups is 1. The Morgan fingerprint density at radius 3 is 2.03 bits per heavy atom. The molecule has 3 nitrogen and oxygen atoms in total. The summed E-state index contributed by atoms with van der Waals surface area (Å²) in [5, 5.41) is 0. The van der Waals surface area contributed by atoms with Crippen LogP contribution in [-0.2, 0) is 9.53 Å². The van der Waals surface area contributed by atoms with E-state index in [1.807, 2.05) is 30.3 Å². The second-order valence-electron chi connectivity index (χ2n) is 8.26. The molecule has 0 spiro atoms. The zero-order valence-corrected chi connectivity index (χ0v) is 18.7. The normalized spacial score (nSPS) is 16.6. The minimum absolute atomic E-state index is 0.127. The Balaban J connectivity index is 1.46. The van der Waals surface area contributed by atoms with E-state index in [2.05, 4.69) is 78.6 Å². The van der Waals surface area contributed by atoms with Crippen LogP contribution < -0.4 is 0 Å². The largest absolute Gasteiger partial charge is 0.465 e. The van der Waals surface area contributed by atoms with E-state index in [-0.39, 0.29) is 17.8 Å². The fourth-order valence-corrected chi connectivity index (χ4v) is 4.48. The lowest BCUT2D eigenvalue weighted by atomic mass is 9.88. The Bertz CT molecular complexity index is 975. The van der Waals surface area contributed by atoms with E-state index in [9.17, 15) is 4.79 Å². The van der Waals surface area contributed by atoms with Crippen molar-refractivity contribution in [3.63, 3.8) is 0 Å². The lowest BCUT2D eigenvalue weighted by Gasteiger charge is -2.31. The van der Waals surface area contributed by atoms with Gasteiger partial charge in [0.1, 0.15) is 0 Å². The van der Waals surface area contributed by atoms with Crippen LogP contribution in [0.1, 0.15) is 36.0 Å². The minimum atomic E-state index is -0.252. The Morgan fingerprint density at radius 1 is 0.906 bits per heavy atom. The van der Waals surface area contributed by atoms with Crippen LogP contribution in [0.15, 0.2) is 97.1 Å². The molecule has 1 heterocycles. The standard InChI is InChI=1S/C29H31NO2/c1-2-30-20-18-27(25-16-10-5-11-17-25)28(22-30)29(31)32-21-19-26(23-12-6-3-7-13-23)24-14-8-4-9-15-24/h3-18,26,28H,2,19-22H2,1H3. The fraction of sp³-hybridized carbons (Fsp3) is 0.276. The van der Waals surface area contributed by atoms with Crippen molar-refractivity contribution in [3.05, 3.63) is 114 Å². The molecule has 0 fully saturated rings. The van der Waals surface area contributed by atoms with Crippen LogP contribution in [0.5, 0.6) is 0 Å². The average molecular weight is 426 g/mol. The number of ether oxygens (including phenoxy) is 1. The van der Waals surface area contributed by atoms with Crippen molar-refractivity contribution in [1.29, 1.82) is 0 Å². The monoisotopic (exact) mass is 425 g/mol. The third-order valence-electron chi connectivity index (χ3n) is 6.28. The number of carbonyl (C=O) groups excluding carboxylic acids is 1. The number of rotatable bonds is 8. The summed E-state index contributed by atoms with van der Waals surface area (Å²) < 4.78 is 5.89. The van der Waals surface area contributed by atoms with E-state index >= 15 is 0 Å². The number of benzene rings is 3. The second kappa shape index (κ2) is 10.9. The van der Waals surface area contributed by atoms with E-state index in [0.717, 1.165) is 30.6 Å². The van der Waals surface area contributed by atoms with Crippen molar-refractivity contribution >= 4 is 11.5 Å². The maximum Gasteiger partial charge on any atom is 0.314 e. The minimum Gasteiger partial charge on any atom is -0.465 e. The van der Waals surface area contributed by atoms with Gasteiger partial charge in [-0.25, -0.2) is 0 Å². The number of likely N-dealkylation sites (N-methyl/N-ethyl adjacent to an activating group) is 1. The van der Waals surface area contributed by atoms with Gasteiger partial charge in [-0.05, 0) is 35.2 Å². The van der Waals surface area contributed by atoms with Crippen LogP contribution in [-0.4, -0.2) is 37.1 Å². The molecule has 1 unspecified atom stereocenters. The van der Waals surface area contributed by atoms with Gasteiger partial charge < -0.3 is 4.74 Å². The summed E-state index contributed by atoms with van der Waals surface area (Å²) >= 11 is 0. The van der Waals surface area contributed by atoms with Gasteiger partial charge in [0.05, 0.1) is 12.5 Å². The van der Waals surface area contributed by atoms with E-state index in [0.29, 0.717) is 13.2 Å². The summed E-state index contributed by atoms with van der Waals surface area (Å²) in [5.41, 5.74) is 4.68. The van der Waals surface area contributed by atoms with Gasteiger partial charge >= 0.3 is 5.97 Å². The number of esters is 1. The molecule has 0 aliphatic carbocycles. The molecule has 4 rings (SSSR count). The molecule has 0 saturated carbocycles. The van der Waals surface area contributed by atoms with Crippen LogP contribution in [0, 0.1) is 5.92 Å². The van der Waals surface area contributed by atoms with Gasteiger partial charge in [0.15, 0.2) is 0 Å². The molecule has 1 atom stereocenters. The maximum atomic E-state index is 13.2. The summed E-state index contributed by atoms with van der Waals surface area (Å²) in [7, 11) is 0. The molecule has 0 saturated heterocycles. The van der Waals surface area contributed by atoms with E-state index < -0.39 is 0 Å². The number of hydrogen-bond donors (Lipinski definition) is 0. The fourth-order valence-electron chi connectivity index (χ4n) is 4.48. The van der Waals surface area contributed by atoms with Crippen molar-refractivity contribution in [3.8, 4) is 0 Å². The van der Waals surface area contributed by atoms with Crippen LogP contribution in [0.4, 0.5) is 0 Å². The zero-order valence-electron chi connectivity index (χ0n) is 18.7. The zero-order chi connectivity index (χ0) is 22.2. The summed E-state index contributed by atoms with van der Waals surface area (Å²) in [6.45, 7) is 5.03. The van der Waals surface area contributed by atoms with Crippen molar-refractivity contribution in [2.45, 2.75) is 19.3 Å². The van der Waals surface area contributed by atoms with Crippen molar-refractivity contribution in [2.75, 3.05) is 26.2 Å². The van der Waals surface area contributed by atoms with Crippen molar-refractivity contribution in [2.24, 2.45) is 5.92 Å². The molecule has 0 amide bonds. The summed E-state index contributed by atoms with van der Waals surface area (Å²) in [5.74, 6) is -0.177. The highest BCUT2D eigenvalue weighted by Crippen LogP contribution is 2.31. The third-order valence-corrected chi connectivity index (χ3v) is 6.28. The molecule has 3 heteroatoms. The lowest BCUT2D eigenvalue weighted by Crippen LogP contribution is -2.38. The third kappa shape index (κ3) is 5.35. The highest BCUT2D eigenvalue weighted by molar-refractivity contribution is 5.89. The molecule has 1 aliphatic rings. The second-order valence-corrected chi connectivity index (χ2v) is 8.26. The number of hydrogen-bond acceptors (Lipinski definition) is 3. The first-order valence-corrected chi connectivity index (χ1v) is 11.5. The topological polar surface area (TPSA) is 29.5 Å². The smallest absolute Gasteiger partial charge is 0.314 e. The molecule has 3 aromatic rings. The van der Waals surface area contributed by atoms with Gasteiger partial charge in [-0.15, -0.1) is 0 Å². The van der Waals surface area contributed by atoms with Crippen LogP contribution in [0.3, 0.4) is 0 Å². The van der Waals surface area contributed by atoms with Gasteiger partial charge in [0.25, 0.3) is 0 Å². The van der Waals surface area contributed by atoms with Gasteiger partial charge in [-0.3, -0.25) is 9.69 Å². The predicted molar refractivity (Wildman–Crippen MR) is 130 cm³/mol. The van der Waals surface area contributed by atoms with Crippen molar-refractivity contribution in [1.82, 2.24) is 4.90 Å². The van der Waals surface area contributed by atoms with Crippen LogP contribution in [0.2, 0.25) is 0 Å². The highest BCUT2D eigenvalue weighted by atomic mass is 16.5. The Hall–Kier alpha value is -3.17. The maximum absolute atomic E-state index is 13.2. The van der Waals surface area contributed by atoms with Crippen LogP contribution in [0.25, 0.3) is 5.57 Å². The molecule has 0 aromatic heterocycles. The lowest BCUT2D eigenvalue weighted by molar-refractivity contribution is -0.147. The van der Waals surface area contributed by atoms with Gasteiger partial charge in [0, 0.05) is 19.0 Å². The Morgan fingerprint density at radius 2 is 1.47 bits per heavy atom. The van der Waals surface area contributed by atoms with Gasteiger partial charge in [-0.2, -0.15) is 0 Å². The summed E-state index contributed by atoms with van der Waals surface area (Å²) in [6.07, 6.45) is 2.94. The molecule has 0 bridgehead atoms.